The number of aliphatic hydroxyl groups excluding tert-OH is 2. The van der Waals surface area contributed by atoms with E-state index in [0.717, 1.165) is 5.56 Å². The molecule has 1 aromatic carbocycles. The van der Waals surface area contributed by atoms with E-state index in [1.807, 2.05) is 19.9 Å². The summed E-state index contributed by atoms with van der Waals surface area (Å²) in [5.41, 5.74) is 5.04. The van der Waals surface area contributed by atoms with Crippen LogP contribution >= 0.6 is 0 Å². The summed E-state index contributed by atoms with van der Waals surface area (Å²) < 4.78 is 11.3. The number of nitrogens with two attached hydrogens (primary N) is 1. The molecule has 5 rings (SSSR count). The highest BCUT2D eigenvalue weighted by molar-refractivity contribution is 6.14. The van der Waals surface area contributed by atoms with E-state index in [9.17, 15) is 30.0 Å². The highest BCUT2D eigenvalue weighted by Gasteiger charge is 2.63. The number of phenolic OH excluding ortho intramolecular Hbond substituents is 1. The van der Waals surface area contributed by atoms with Crippen molar-refractivity contribution in [2.75, 3.05) is 21.2 Å². The van der Waals surface area contributed by atoms with Crippen LogP contribution in [0.25, 0.3) is 11.3 Å². The standard InChI is InChI=1S/C30H37N3O8/c1-13(2)32-12-14-8-9-41-26(14)16-6-7-19(34)21-17(16)10-15-11-18-23(33(3)4)25(36)22(29(31)38)28(40-5)30(18,39)27(37)20(15)24(21)35/h6-9,13,15,18,23,28,32,34,36-37,39H,10-12H2,1-5H3,(H2,31,38)/t15-,18-,23-,28?,30-/m0/s1. The maximum atomic E-state index is 14.1. The van der Waals surface area contributed by atoms with E-state index in [1.165, 1.54) is 13.2 Å². The number of furan rings is 1. The van der Waals surface area contributed by atoms with Gasteiger partial charge in [-0.25, -0.2) is 0 Å². The minimum absolute atomic E-state index is 0.0176. The molecule has 3 aliphatic rings. The summed E-state index contributed by atoms with van der Waals surface area (Å²) in [6.07, 6.45) is 0.464. The summed E-state index contributed by atoms with van der Waals surface area (Å²) in [7, 11) is 4.57. The second-order valence-electron chi connectivity index (χ2n) is 11.6. The minimum atomic E-state index is -2.25. The Hall–Kier alpha value is -3.64. The van der Waals surface area contributed by atoms with Gasteiger partial charge in [0.2, 0.25) is 0 Å². The van der Waals surface area contributed by atoms with Crippen molar-refractivity contribution < 1.29 is 39.2 Å². The molecule has 0 aliphatic heterocycles. The minimum Gasteiger partial charge on any atom is -0.510 e. The van der Waals surface area contributed by atoms with Crippen molar-refractivity contribution in [3.63, 3.8) is 0 Å². The number of likely N-dealkylation sites (N-methyl/N-ethyl adjacent to an activating group) is 1. The van der Waals surface area contributed by atoms with Crippen LogP contribution < -0.4 is 11.1 Å². The first-order valence-electron chi connectivity index (χ1n) is 13.6. The monoisotopic (exact) mass is 567 g/mol. The Morgan fingerprint density at radius 1 is 1.24 bits per heavy atom. The molecule has 5 atom stereocenters. The topological polar surface area (TPSA) is 179 Å². The number of fused-ring (bicyclic) bond motifs is 3. The summed E-state index contributed by atoms with van der Waals surface area (Å²) in [6.45, 7) is 4.60. The van der Waals surface area contributed by atoms with Gasteiger partial charge in [-0.05, 0) is 56.6 Å². The van der Waals surface area contributed by atoms with Crippen molar-refractivity contribution in [3.05, 3.63) is 63.8 Å². The van der Waals surface area contributed by atoms with Crippen LogP contribution in [0.4, 0.5) is 0 Å². The zero-order chi connectivity index (χ0) is 30.0. The number of Topliss-reactive ketones (excluding diaryl/α,β-unsaturated/α-hetero) is 1. The van der Waals surface area contributed by atoms with Crippen LogP contribution in [0.3, 0.4) is 0 Å². The molecule has 0 spiro atoms. The molecular formula is C30H37N3O8. The lowest BCUT2D eigenvalue weighted by Gasteiger charge is -2.53. The van der Waals surface area contributed by atoms with Gasteiger partial charge < -0.3 is 40.6 Å². The van der Waals surface area contributed by atoms with Crippen molar-refractivity contribution in [1.82, 2.24) is 10.2 Å². The van der Waals surface area contributed by atoms with Crippen LogP contribution in [0.1, 0.15) is 41.8 Å². The number of ether oxygens (including phenoxy) is 1. The molecule has 1 unspecified atom stereocenters. The fourth-order valence-electron chi connectivity index (χ4n) is 6.94. The van der Waals surface area contributed by atoms with Gasteiger partial charge in [0.15, 0.2) is 11.4 Å². The lowest BCUT2D eigenvalue weighted by Crippen LogP contribution is -2.65. The van der Waals surface area contributed by atoms with Gasteiger partial charge in [-0.1, -0.05) is 13.8 Å². The zero-order valence-corrected chi connectivity index (χ0v) is 23.8. The molecule has 41 heavy (non-hydrogen) atoms. The molecule has 7 N–H and O–H groups in total. The average molecular weight is 568 g/mol. The van der Waals surface area contributed by atoms with Gasteiger partial charge in [-0.15, -0.1) is 0 Å². The second kappa shape index (κ2) is 10.3. The Labute approximate surface area is 237 Å². The smallest absolute Gasteiger partial charge is 0.250 e. The Morgan fingerprint density at radius 3 is 2.56 bits per heavy atom. The molecule has 0 radical (unpaired) electrons. The Kier molecular flexibility index (Phi) is 7.27. The number of hydrogen-bond donors (Lipinski definition) is 6. The van der Waals surface area contributed by atoms with Crippen LogP contribution in [-0.4, -0.2) is 82.0 Å². The van der Waals surface area contributed by atoms with Crippen LogP contribution in [0.15, 0.2) is 51.5 Å². The molecule has 2 aromatic rings. The molecule has 220 valence electrons. The number of nitrogens with one attached hydrogen (secondary N) is 1. The van der Waals surface area contributed by atoms with Gasteiger partial charge in [0, 0.05) is 42.3 Å². The van der Waals surface area contributed by atoms with Gasteiger partial charge in [0.1, 0.15) is 29.1 Å². The van der Waals surface area contributed by atoms with E-state index >= 15 is 0 Å². The first-order valence-corrected chi connectivity index (χ1v) is 13.6. The number of carbonyl (C=O) groups is 2. The number of amides is 1. The van der Waals surface area contributed by atoms with E-state index < -0.39 is 47.0 Å². The zero-order valence-electron chi connectivity index (χ0n) is 23.8. The van der Waals surface area contributed by atoms with Crippen LogP contribution in [0.5, 0.6) is 5.75 Å². The number of hydrogen-bond acceptors (Lipinski definition) is 10. The van der Waals surface area contributed by atoms with Crippen molar-refractivity contribution >= 4 is 11.7 Å². The highest BCUT2D eigenvalue weighted by atomic mass is 16.5. The van der Waals surface area contributed by atoms with Gasteiger partial charge in [0.25, 0.3) is 5.91 Å². The lowest BCUT2D eigenvalue weighted by molar-refractivity contribution is -0.151. The third-order valence-corrected chi connectivity index (χ3v) is 8.71. The Morgan fingerprint density at radius 2 is 1.95 bits per heavy atom. The normalized spacial score (nSPS) is 27.8. The number of aliphatic hydroxyl groups is 3. The number of carbonyl (C=O) groups excluding carboxylic acids is 2. The van der Waals surface area contributed by atoms with Crippen molar-refractivity contribution in [1.29, 1.82) is 0 Å². The lowest BCUT2D eigenvalue weighted by atomic mass is 9.58. The van der Waals surface area contributed by atoms with Gasteiger partial charge in [-0.2, -0.15) is 0 Å². The number of primary amides is 1. The molecule has 1 amide bonds. The van der Waals surface area contributed by atoms with Crippen molar-refractivity contribution in [2.24, 2.45) is 17.6 Å². The van der Waals surface area contributed by atoms with Gasteiger partial charge in [0.05, 0.1) is 23.4 Å². The number of phenols is 1. The van der Waals surface area contributed by atoms with Crippen molar-refractivity contribution in [2.45, 2.75) is 57.0 Å². The first-order chi connectivity index (χ1) is 19.3. The molecule has 11 nitrogen and oxygen atoms in total. The molecule has 3 aliphatic carbocycles. The maximum Gasteiger partial charge on any atom is 0.250 e. The van der Waals surface area contributed by atoms with Crippen LogP contribution in [-0.2, 0) is 22.5 Å². The van der Waals surface area contributed by atoms with E-state index in [-0.39, 0.29) is 47.1 Å². The molecule has 1 aromatic heterocycles. The van der Waals surface area contributed by atoms with E-state index in [1.54, 1.807) is 31.3 Å². The predicted octanol–water partition coefficient (Wildman–Crippen LogP) is 2.32. The molecule has 0 bridgehead atoms. The third kappa shape index (κ3) is 4.26. The van der Waals surface area contributed by atoms with E-state index in [4.69, 9.17) is 14.9 Å². The highest BCUT2D eigenvalue weighted by Crippen LogP contribution is 2.54. The fraction of sp³-hybridized carbons (Fsp3) is 0.467. The fourth-order valence-corrected chi connectivity index (χ4v) is 6.94. The quantitative estimate of drug-likeness (QED) is 0.291. The average Bonchev–Trinajstić information content (AvgIpc) is 3.36. The first kappa shape index (κ1) is 28.9. The van der Waals surface area contributed by atoms with E-state index in [2.05, 4.69) is 5.32 Å². The number of rotatable bonds is 7. The largest absolute Gasteiger partial charge is 0.510 e. The Bertz CT molecular complexity index is 1470. The SMILES string of the molecule is COC1C(C(N)=O)=C(O)[C@@H](N(C)C)[C@@H]2C[C@@H]3Cc4c(-c5occc5CNC(C)C)ccc(O)c4C(=O)C3=C(O)[C@]12O. The summed E-state index contributed by atoms with van der Waals surface area (Å²) in [6, 6.07) is 4.31. The number of aromatic hydroxyl groups is 1. The number of nitrogens with zero attached hydrogens (tertiary/aromatic N) is 1. The van der Waals surface area contributed by atoms with Gasteiger partial charge in [-0.3, -0.25) is 14.5 Å². The number of allylic oxidation sites excluding steroid dienone is 1. The molecule has 0 fully saturated rings. The summed E-state index contributed by atoms with van der Waals surface area (Å²) in [4.78, 5) is 28.1. The predicted molar refractivity (Wildman–Crippen MR) is 149 cm³/mol. The summed E-state index contributed by atoms with van der Waals surface area (Å²) >= 11 is 0. The summed E-state index contributed by atoms with van der Waals surface area (Å²) in [5.74, 6) is -3.78. The molecular weight excluding hydrogens is 530 g/mol. The molecule has 1 heterocycles. The third-order valence-electron chi connectivity index (χ3n) is 8.71. The van der Waals surface area contributed by atoms with E-state index in [0.29, 0.717) is 23.4 Å². The molecule has 0 saturated heterocycles. The molecule has 0 saturated carbocycles. The number of ketones is 1. The van der Waals surface area contributed by atoms with Crippen molar-refractivity contribution in [3.8, 4) is 17.1 Å². The maximum absolute atomic E-state index is 14.1. The number of methoxy groups -OCH3 is 1. The number of benzene rings is 1. The second-order valence-corrected chi connectivity index (χ2v) is 11.6. The van der Waals surface area contributed by atoms with Crippen LogP contribution in [0.2, 0.25) is 0 Å². The Balaban J connectivity index is 1.69. The van der Waals surface area contributed by atoms with Gasteiger partial charge >= 0.3 is 0 Å². The molecule has 11 heteroatoms. The van der Waals surface area contributed by atoms with Crippen LogP contribution in [0, 0.1) is 11.8 Å². The summed E-state index contributed by atoms with van der Waals surface area (Å²) in [5, 5.41) is 49.2.